The molecule has 0 atom stereocenters. The zero-order valence-electron chi connectivity index (χ0n) is 10.6. The zero-order valence-corrected chi connectivity index (χ0v) is 10.6. The fourth-order valence-electron chi connectivity index (χ4n) is 2.72. The fraction of sp³-hybridized carbons (Fsp3) is 0.429. The summed E-state index contributed by atoms with van der Waals surface area (Å²) in [5, 5.41) is 12.4. The Morgan fingerprint density at radius 1 is 1.16 bits per heavy atom. The van der Waals surface area contributed by atoms with Crippen LogP contribution in [0.15, 0.2) is 23.0 Å². The van der Waals surface area contributed by atoms with Crippen LogP contribution >= 0.6 is 0 Å². The van der Waals surface area contributed by atoms with E-state index >= 15 is 0 Å². The normalized spacial score (nSPS) is 23.1. The maximum absolute atomic E-state index is 11.2. The van der Waals surface area contributed by atoms with Crippen molar-refractivity contribution in [2.45, 2.75) is 31.7 Å². The summed E-state index contributed by atoms with van der Waals surface area (Å²) in [5.41, 5.74) is 2.48. The van der Waals surface area contributed by atoms with E-state index in [1.54, 1.807) is 0 Å². The lowest BCUT2D eigenvalue weighted by atomic mass is 9.87. The van der Waals surface area contributed by atoms with Gasteiger partial charge in [0, 0.05) is 17.6 Å². The smallest absolute Gasteiger partial charge is 0.323 e. The first kappa shape index (κ1) is 11.8. The third-order valence-electron chi connectivity index (χ3n) is 3.80. The first-order valence-corrected chi connectivity index (χ1v) is 6.63. The van der Waals surface area contributed by atoms with Crippen LogP contribution in [0.5, 0.6) is 0 Å². The quantitative estimate of drug-likeness (QED) is 0.771. The molecule has 0 saturated heterocycles. The van der Waals surface area contributed by atoms with Gasteiger partial charge in [0.15, 0.2) is 0 Å². The van der Waals surface area contributed by atoms with Crippen molar-refractivity contribution in [3.8, 4) is 6.07 Å². The third-order valence-corrected chi connectivity index (χ3v) is 3.80. The number of hydrogen-bond acceptors (Lipinski definition) is 3. The summed E-state index contributed by atoms with van der Waals surface area (Å²) in [6.45, 7) is 0. The van der Waals surface area contributed by atoms with E-state index in [-0.39, 0.29) is 11.6 Å². The number of H-pyrrole nitrogens is 2. The topological polar surface area (TPSA) is 84.5 Å². The largest absolute Gasteiger partial charge is 0.382 e. The average Bonchev–Trinajstić information content (AvgIpc) is 2.79. The minimum Gasteiger partial charge on any atom is -0.382 e. The van der Waals surface area contributed by atoms with Crippen LogP contribution in [-0.2, 0) is 0 Å². The van der Waals surface area contributed by atoms with Crippen molar-refractivity contribution < 1.29 is 0 Å². The Labute approximate surface area is 110 Å². The molecule has 1 aliphatic rings. The van der Waals surface area contributed by atoms with E-state index in [4.69, 9.17) is 5.26 Å². The minimum atomic E-state index is -0.179. The molecule has 5 heteroatoms. The molecule has 3 N–H and O–H groups in total. The number of benzene rings is 1. The van der Waals surface area contributed by atoms with Gasteiger partial charge in [-0.1, -0.05) is 0 Å². The third kappa shape index (κ3) is 2.48. The lowest BCUT2D eigenvalue weighted by molar-refractivity contribution is 0.397. The molecule has 1 heterocycles. The van der Waals surface area contributed by atoms with Crippen molar-refractivity contribution in [2.75, 3.05) is 5.32 Å². The number of aromatic nitrogens is 2. The first-order chi connectivity index (χ1) is 9.24. The van der Waals surface area contributed by atoms with Crippen molar-refractivity contribution in [1.82, 2.24) is 9.97 Å². The molecule has 5 nitrogen and oxygen atoms in total. The molecule has 0 radical (unpaired) electrons. The number of nitriles is 1. The van der Waals surface area contributed by atoms with Crippen LogP contribution in [0.2, 0.25) is 0 Å². The summed E-state index contributed by atoms with van der Waals surface area (Å²) in [4.78, 5) is 16.7. The molecular formula is C14H16N4O. The number of anilines is 1. The number of hydrogen-bond donors (Lipinski definition) is 3. The van der Waals surface area contributed by atoms with Gasteiger partial charge >= 0.3 is 5.69 Å². The van der Waals surface area contributed by atoms with Crippen LogP contribution < -0.4 is 11.0 Å². The molecule has 2 aromatic rings. The van der Waals surface area contributed by atoms with E-state index in [0.29, 0.717) is 6.04 Å². The monoisotopic (exact) mass is 256 g/mol. The highest BCUT2D eigenvalue weighted by Crippen LogP contribution is 2.26. The molecule has 98 valence electrons. The molecule has 1 fully saturated rings. The van der Waals surface area contributed by atoms with Crippen LogP contribution in [-0.4, -0.2) is 16.0 Å². The summed E-state index contributed by atoms with van der Waals surface area (Å²) in [5.74, 6) is 0.224. The van der Waals surface area contributed by atoms with E-state index in [9.17, 15) is 4.79 Å². The maximum Gasteiger partial charge on any atom is 0.323 e. The van der Waals surface area contributed by atoms with E-state index in [1.165, 1.54) is 0 Å². The second kappa shape index (κ2) is 4.81. The Morgan fingerprint density at radius 3 is 2.63 bits per heavy atom. The lowest BCUT2D eigenvalue weighted by Gasteiger charge is -2.26. The molecule has 0 unspecified atom stereocenters. The van der Waals surface area contributed by atoms with Gasteiger partial charge in [-0.3, -0.25) is 0 Å². The Kier molecular flexibility index (Phi) is 3.00. The number of fused-ring (bicyclic) bond motifs is 1. The second-order valence-corrected chi connectivity index (χ2v) is 5.16. The van der Waals surface area contributed by atoms with Crippen molar-refractivity contribution >= 4 is 16.7 Å². The summed E-state index contributed by atoms with van der Waals surface area (Å²) in [7, 11) is 0. The number of aromatic amines is 2. The maximum atomic E-state index is 11.2. The van der Waals surface area contributed by atoms with Gasteiger partial charge in [0.2, 0.25) is 0 Å². The number of rotatable bonds is 2. The van der Waals surface area contributed by atoms with Gasteiger partial charge in [-0.25, -0.2) is 4.79 Å². The summed E-state index contributed by atoms with van der Waals surface area (Å²) >= 11 is 0. The highest BCUT2D eigenvalue weighted by molar-refractivity contribution is 5.78. The van der Waals surface area contributed by atoms with Gasteiger partial charge in [-0.15, -0.1) is 0 Å². The Morgan fingerprint density at radius 2 is 1.89 bits per heavy atom. The van der Waals surface area contributed by atoms with Crippen molar-refractivity contribution in [1.29, 1.82) is 5.26 Å². The van der Waals surface area contributed by atoms with Gasteiger partial charge in [0.1, 0.15) is 0 Å². The number of nitrogens with zero attached hydrogens (tertiary/aromatic N) is 1. The molecule has 1 aliphatic carbocycles. The highest BCUT2D eigenvalue weighted by atomic mass is 16.1. The Hall–Kier alpha value is -2.22. The molecule has 1 saturated carbocycles. The molecule has 0 amide bonds. The Balaban J connectivity index is 1.72. The van der Waals surface area contributed by atoms with Crippen LogP contribution in [0.25, 0.3) is 11.0 Å². The van der Waals surface area contributed by atoms with Gasteiger partial charge in [-0.2, -0.15) is 5.26 Å². The Bertz CT molecular complexity index is 671. The van der Waals surface area contributed by atoms with Crippen molar-refractivity contribution in [2.24, 2.45) is 5.92 Å². The van der Waals surface area contributed by atoms with Crippen LogP contribution in [0.1, 0.15) is 25.7 Å². The van der Waals surface area contributed by atoms with E-state index < -0.39 is 0 Å². The molecule has 0 spiro atoms. The number of imidazole rings is 1. The van der Waals surface area contributed by atoms with Crippen LogP contribution in [0, 0.1) is 17.2 Å². The van der Waals surface area contributed by atoms with Crippen molar-refractivity contribution in [3.05, 3.63) is 28.7 Å². The minimum absolute atomic E-state index is 0.179. The fourth-order valence-corrected chi connectivity index (χ4v) is 2.72. The van der Waals surface area contributed by atoms with Crippen LogP contribution in [0.4, 0.5) is 5.69 Å². The summed E-state index contributed by atoms with van der Waals surface area (Å²) in [6, 6.07) is 8.59. The van der Waals surface area contributed by atoms with Crippen molar-refractivity contribution in [3.63, 3.8) is 0 Å². The molecule has 0 bridgehead atoms. The molecule has 1 aromatic heterocycles. The molecule has 19 heavy (non-hydrogen) atoms. The lowest BCUT2D eigenvalue weighted by Crippen LogP contribution is -2.25. The van der Waals surface area contributed by atoms with E-state index in [0.717, 1.165) is 42.4 Å². The predicted octanol–water partition coefficient (Wildman–Crippen LogP) is 2.35. The van der Waals surface area contributed by atoms with Gasteiger partial charge in [0.25, 0.3) is 0 Å². The molecule has 0 aliphatic heterocycles. The average molecular weight is 256 g/mol. The standard InChI is InChI=1S/C14H16N4O/c15-8-9-1-3-10(4-2-9)16-11-5-6-12-13(7-11)18-14(19)17-12/h5-7,9-10,16H,1-4H2,(H2,17,18,19). The summed E-state index contributed by atoms with van der Waals surface area (Å²) in [6.07, 6.45) is 3.99. The highest BCUT2D eigenvalue weighted by Gasteiger charge is 2.20. The molecule has 3 rings (SSSR count). The zero-order chi connectivity index (χ0) is 13.2. The first-order valence-electron chi connectivity index (χ1n) is 6.63. The number of nitrogens with one attached hydrogen (secondary N) is 3. The summed E-state index contributed by atoms with van der Waals surface area (Å²) < 4.78 is 0. The SMILES string of the molecule is N#CC1CCC(Nc2ccc3[nH]c(=O)[nH]c3c2)CC1. The molecular weight excluding hydrogens is 240 g/mol. The van der Waals surface area contributed by atoms with Gasteiger partial charge in [-0.05, 0) is 43.9 Å². The molecule has 1 aromatic carbocycles. The van der Waals surface area contributed by atoms with E-state index in [2.05, 4.69) is 21.4 Å². The predicted molar refractivity (Wildman–Crippen MR) is 73.9 cm³/mol. The van der Waals surface area contributed by atoms with Gasteiger partial charge in [0.05, 0.1) is 17.1 Å². The second-order valence-electron chi connectivity index (χ2n) is 5.16. The van der Waals surface area contributed by atoms with Gasteiger partial charge < -0.3 is 15.3 Å². The van der Waals surface area contributed by atoms with Crippen LogP contribution in [0.3, 0.4) is 0 Å². The van der Waals surface area contributed by atoms with E-state index in [1.807, 2.05) is 18.2 Å².